The van der Waals surface area contributed by atoms with Crippen molar-refractivity contribution < 1.29 is 34.2 Å². The van der Waals surface area contributed by atoms with Gasteiger partial charge in [0.15, 0.2) is 5.96 Å². The number of carbonyl (C=O) groups is 5. The molecule has 11 N–H and O–H groups in total. The summed E-state index contributed by atoms with van der Waals surface area (Å²) in [6.07, 6.45) is 3.79. The molecular formula is C20H37N7O7S2. The Morgan fingerprint density at radius 3 is 1.81 bits per heavy atom. The Balaban J connectivity index is 5.58. The molecule has 14 nitrogen and oxygen atoms in total. The number of hydrogen-bond donors (Lipinski definition) is 8. The van der Waals surface area contributed by atoms with Crippen LogP contribution in [-0.2, 0) is 24.0 Å². The van der Waals surface area contributed by atoms with E-state index < -0.39 is 60.2 Å². The first kappa shape index (κ1) is 33.3. The normalized spacial score (nSPS) is 14.0. The summed E-state index contributed by atoms with van der Waals surface area (Å²) in [4.78, 5) is 64.4. The van der Waals surface area contributed by atoms with Crippen LogP contribution in [-0.4, -0.2) is 101 Å². The van der Waals surface area contributed by atoms with Gasteiger partial charge in [0.05, 0.1) is 12.5 Å². The van der Waals surface area contributed by atoms with Crippen LogP contribution in [0.15, 0.2) is 4.99 Å². The maximum atomic E-state index is 13.0. The summed E-state index contributed by atoms with van der Waals surface area (Å²) < 4.78 is 0. The summed E-state index contributed by atoms with van der Waals surface area (Å²) in [6, 6.07) is -4.74. The molecule has 36 heavy (non-hydrogen) atoms. The van der Waals surface area contributed by atoms with Crippen molar-refractivity contribution in [3.05, 3.63) is 0 Å². The highest BCUT2D eigenvalue weighted by Crippen LogP contribution is 2.07. The zero-order valence-electron chi connectivity index (χ0n) is 20.4. The van der Waals surface area contributed by atoms with E-state index in [2.05, 4.69) is 20.9 Å². The quantitative estimate of drug-likeness (QED) is 0.0487. The lowest BCUT2D eigenvalue weighted by Gasteiger charge is -2.25. The minimum Gasteiger partial charge on any atom is -0.481 e. The minimum atomic E-state index is -1.70. The van der Waals surface area contributed by atoms with Gasteiger partial charge in [-0.3, -0.25) is 24.2 Å². The maximum Gasteiger partial charge on any atom is 0.326 e. The van der Waals surface area contributed by atoms with Crippen LogP contribution in [0, 0.1) is 0 Å². The molecule has 4 atom stereocenters. The Kier molecular flexibility index (Phi) is 17.1. The van der Waals surface area contributed by atoms with Gasteiger partial charge in [-0.05, 0) is 49.7 Å². The van der Waals surface area contributed by atoms with E-state index in [1.54, 1.807) is 0 Å². The van der Waals surface area contributed by atoms with E-state index >= 15 is 0 Å². The molecule has 0 aliphatic carbocycles. The number of carboxylic acid groups (broad SMARTS) is 2. The summed E-state index contributed by atoms with van der Waals surface area (Å²) >= 11 is 2.98. The van der Waals surface area contributed by atoms with Crippen LogP contribution >= 0.6 is 23.5 Å². The van der Waals surface area contributed by atoms with Crippen molar-refractivity contribution in [1.82, 2.24) is 16.0 Å². The highest BCUT2D eigenvalue weighted by atomic mass is 32.2. The van der Waals surface area contributed by atoms with Gasteiger partial charge in [0.2, 0.25) is 17.7 Å². The summed E-state index contributed by atoms with van der Waals surface area (Å²) in [5.74, 6) is -4.00. The van der Waals surface area contributed by atoms with Gasteiger partial charge in [-0.15, -0.1) is 0 Å². The molecule has 4 unspecified atom stereocenters. The molecule has 0 bridgehead atoms. The van der Waals surface area contributed by atoms with E-state index in [9.17, 15) is 29.1 Å². The second kappa shape index (κ2) is 18.5. The molecule has 0 aromatic rings. The third-order valence-corrected chi connectivity index (χ3v) is 6.07. The molecular weight excluding hydrogens is 514 g/mol. The van der Waals surface area contributed by atoms with Crippen molar-refractivity contribution in [2.24, 2.45) is 22.2 Å². The summed E-state index contributed by atoms with van der Waals surface area (Å²) in [6.45, 7) is 0.135. The number of thioether (sulfide) groups is 2. The Hall–Kier alpha value is -2.72. The number of guanidine groups is 1. The standard InChI is InChI=1S/C20H37N7O7S2/c1-35-8-5-11(21)16(30)25-13(6-9-36-2)18(32)26-12(4-3-7-24-20(22)23)17(31)27-14(19(33)34)10-15(28)29/h11-14H,3-10,21H2,1-2H3,(H,25,30)(H,26,32)(H,27,31)(H,28,29)(H,33,34)(H4,22,23,24). The molecule has 0 fully saturated rings. The van der Waals surface area contributed by atoms with Gasteiger partial charge in [-0.1, -0.05) is 0 Å². The van der Waals surface area contributed by atoms with Crippen molar-refractivity contribution in [3.63, 3.8) is 0 Å². The lowest BCUT2D eigenvalue weighted by Crippen LogP contribution is -2.57. The van der Waals surface area contributed by atoms with Crippen LogP contribution in [0.25, 0.3) is 0 Å². The predicted octanol–water partition coefficient (Wildman–Crippen LogP) is -2.11. The van der Waals surface area contributed by atoms with E-state index in [0.29, 0.717) is 17.9 Å². The van der Waals surface area contributed by atoms with Crippen LogP contribution in [0.3, 0.4) is 0 Å². The number of amides is 3. The van der Waals surface area contributed by atoms with Crippen LogP contribution in [0.4, 0.5) is 0 Å². The van der Waals surface area contributed by atoms with Crippen molar-refractivity contribution in [1.29, 1.82) is 0 Å². The molecule has 0 radical (unpaired) electrons. The number of nitrogens with zero attached hydrogens (tertiary/aromatic N) is 1. The van der Waals surface area contributed by atoms with Gasteiger partial charge in [0.1, 0.15) is 18.1 Å². The molecule has 0 saturated heterocycles. The van der Waals surface area contributed by atoms with E-state index in [4.69, 9.17) is 22.3 Å². The highest BCUT2D eigenvalue weighted by Gasteiger charge is 2.30. The van der Waals surface area contributed by atoms with E-state index in [1.807, 2.05) is 12.5 Å². The summed E-state index contributed by atoms with van der Waals surface area (Å²) in [5, 5.41) is 25.4. The maximum absolute atomic E-state index is 13.0. The average Bonchev–Trinajstić information content (AvgIpc) is 2.80. The van der Waals surface area contributed by atoms with Gasteiger partial charge in [0, 0.05) is 6.54 Å². The number of aliphatic imine (C=N–C) groups is 1. The van der Waals surface area contributed by atoms with Crippen LogP contribution in [0.2, 0.25) is 0 Å². The lowest BCUT2D eigenvalue weighted by molar-refractivity contribution is -0.147. The molecule has 206 valence electrons. The molecule has 0 heterocycles. The molecule has 0 spiro atoms. The number of aliphatic carboxylic acids is 2. The van der Waals surface area contributed by atoms with Gasteiger partial charge in [0.25, 0.3) is 0 Å². The largest absolute Gasteiger partial charge is 0.481 e. The van der Waals surface area contributed by atoms with E-state index in [1.165, 1.54) is 23.5 Å². The summed E-state index contributed by atoms with van der Waals surface area (Å²) in [5.41, 5.74) is 16.5. The Morgan fingerprint density at radius 1 is 0.806 bits per heavy atom. The minimum absolute atomic E-state index is 0.0181. The van der Waals surface area contributed by atoms with E-state index in [0.717, 1.165) is 0 Å². The van der Waals surface area contributed by atoms with Gasteiger partial charge in [-0.25, -0.2) is 4.79 Å². The first-order chi connectivity index (χ1) is 16.9. The lowest BCUT2D eigenvalue weighted by atomic mass is 10.1. The SMILES string of the molecule is CSCCC(N)C(=O)NC(CCSC)C(=O)NC(CCCN=C(N)N)C(=O)NC(CC(=O)O)C(=O)O. The van der Waals surface area contributed by atoms with Crippen molar-refractivity contribution in [3.8, 4) is 0 Å². The summed E-state index contributed by atoms with van der Waals surface area (Å²) in [7, 11) is 0. The van der Waals surface area contributed by atoms with Crippen molar-refractivity contribution in [2.45, 2.75) is 56.3 Å². The molecule has 0 aliphatic rings. The number of nitrogens with one attached hydrogen (secondary N) is 3. The first-order valence-electron chi connectivity index (χ1n) is 11.1. The number of carbonyl (C=O) groups excluding carboxylic acids is 3. The number of hydrogen-bond acceptors (Lipinski definition) is 9. The fourth-order valence-corrected chi connectivity index (χ4v) is 3.81. The van der Waals surface area contributed by atoms with E-state index in [-0.39, 0.29) is 31.8 Å². The van der Waals surface area contributed by atoms with Crippen molar-refractivity contribution >= 4 is 59.1 Å². The third-order valence-electron chi connectivity index (χ3n) is 4.78. The van der Waals surface area contributed by atoms with Gasteiger partial charge in [-0.2, -0.15) is 23.5 Å². The Labute approximate surface area is 218 Å². The second-order valence-electron chi connectivity index (χ2n) is 7.74. The predicted molar refractivity (Wildman–Crippen MR) is 140 cm³/mol. The number of rotatable bonds is 19. The monoisotopic (exact) mass is 551 g/mol. The zero-order valence-corrected chi connectivity index (χ0v) is 22.0. The van der Waals surface area contributed by atoms with Gasteiger partial charge >= 0.3 is 11.9 Å². The first-order valence-corrected chi connectivity index (χ1v) is 13.9. The fraction of sp³-hybridized carbons (Fsp3) is 0.700. The molecule has 16 heteroatoms. The molecule has 0 aromatic carbocycles. The van der Waals surface area contributed by atoms with Crippen LogP contribution < -0.4 is 33.2 Å². The Morgan fingerprint density at radius 2 is 1.31 bits per heavy atom. The smallest absolute Gasteiger partial charge is 0.326 e. The van der Waals surface area contributed by atoms with Crippen LogP contribution in [0.1, 0.15) is 32.1 Å². The Bertz CT molecular complexity index is 782. The van der Waals surface area contributed by atoms with Crippen LogP contribution in [0.5, 0.6) is 0 Å². The number of nitrogens with two attached hydrogens (primary N) is 3. The van der Waals surface area contributed by atoms with Gasteiger partial charge < -0.3 is 43.4 Å². The topological polar surface area (TPSA) is 252 Å². The molecule has 0 rings (SSSR count). The molecule has 0 aromatic heterocycles. The molecule has 0 saturated carbocycles. The number of carboxylic acids is 2. The third kappa shape index (κ3) is 14.6. The second-order valence-corrected chi connectivity index (χ2v) is 9.71. The fourth-order valence-electron chi connectivity index (χ4n) is 2.85. The molecule has 0 aliphatic heterocycles. The molecule has 3 amide bonds. The highest BCUT2D eigenvalue weighted by molar-refractivity contribution is 7.98. The zero-order chi connectivity index (χ0) is 27.7. The average molecular weight is 552 g/mol. The van der Waals surface area contributed by atoms with Crippen molar-refractivity contribution in [2.75, 3.05) is 30.6 Å².